The van der Waals surface area contributed by atoms with Crippen LogP contribution in [-0.4, -0.2) is 29.2 Å². The molecule has 34 heavy (non-hydrogen) atoms. The van der Waals surface area contributed by atoms with Gasteiger partial charge in [-0.3, -0.25) is 9.36 Å². The van der Waals surface area contributed by atoms with E-state index < -0.39 is 0 Å². The quantitative estimate of drug-likeness (QED) is 0.347. The SMILES string of the molecule is COC(=O)C[C@@H]1COc2cc(CCc3cccc(-n4c(C)nc5c(C)cccc54)c3C)ccc21. The molecule has 5 rings (SSSR count). The fraction of sp³-hybridized carbons (Fsp3) is 0.310. The Morgan fingerprint density at radius 2 is 1.91 bits per heavy atom. The summed E-state index contributed by atoms with van der Waals surface area (Å²) >= 11 is 0. The first-order valence-electron chi connectivity index (χ1n) is 11.8. The highest BCUT2D eigenvalue weighted by molar-refractivity contribution is 5.81. The molecule has 0 amide bonds. The average molecular weight is 455 g/mol. The molecule has 0 radical (unpaired) electrons. The fourth-order valence-corrected chi connectivity index (χ4v) is 5.05. The number of esters is 1. The van der Waals surface area contributed by atoms with E-state index in [-0.39, 0.29) is 11.9 Å². The summed E-state index contributed by atoms with van der Waals surface area (Å²) in [5.41, 5.74) is 9.54. The Balaban J connectivity index is 1.38. The van der Waals surface area contributed by atoms with Gasteiger partial charge in [0.15, 0.2) is 0 Å². The van der Waals surface area contributed by atoms with Crippen molar-refractivity contribution in [3.05, 3.63) is 88.2 Å². The summed E-state index contributed by atoms with van der Waals surface area (Å²) in [5, 5.41) is 0. The minimum absolute atomic E-state index is 0.0762. The first kappa shape index (κ1) is 22.2. The average Bonchev–Trinajstić information content (AvgIpc) is 3.39. The zero-order chi connectivity index (χ0) is 23.8. The number of nitrogens with zero attached hydrogens (tertiary/aromatic N) is 2. The van der Waals surface area contributed by atoms with E-state index >= 15 is 0 Å². The summed E-state index contributed by atoms with van der Waals surface area (Å²) in [6, 6.07) is 19.3. The van der Waals surface area contributed by atoms with Gasteiger partial charge >= 0.3 is 5.97 Å². The van der Waals surface area contributed by atoms with E-state index in [0.717, 1.165) is 41.0 Å². The number of ether oxygens (including phenoxy) is 2. The number of rotatable bonds is 6. The number of methoxy groups -OCH3 is 1. The van der Waals surface area contributed by atoms with Gasteiger partial charge in [0.1, 0.15) is 11.6 Å². The van der Waals surface area contributed by atoms with Crippen molar-refractivity contribution in [3.8, 4) is 11.4 Å². The number of aromatic nitrogens is 2. The lowest BCUT2D eigenvalue weighted by molar-refractivity contribution is -0.141. The Bertz CT molecular complexity index is 1390. The molecule has 0 spiro atoms. The summed E-state index contributed by atoms with van der Waals surface area (Å²) in [4.78, 5) is 16.5. The smallest absolute Gasteiger partial charge is 0.306 e. The van der Waals surface area contributed by atoms with Gasteiger partial charge in [-0.1, -0.05) is 36.4 Å². The van der Waals surface area contributed by atoms with Gasteiger partial charge in [-0.15, -0.1) is 0 Å². The number of imidazole rings is 1. The Labute approximate surface area is 200 Å². The largest absolute Gasteiger partial charge is 0.493 e. The maximum absolute atomic E-state index is 11.7. The predicted molar refractivity (Wildman–Crippen MR) is 134 cm³/mol. The summed E-state index contributed by atoms with van der Waals surface area (Å²) in [6.45, 7) is 6.92. The van der Waals surface area contributed by atoms with Crippen molar-refractivity contribution in [2.24, 2.45) is 0 Å². The van der Waals surface area contributed by atoms with E-state index in [1.54, 1.807) is 0 Å². The van der Waals surface area contributed by atoms with Crippen LogP contribution in [0.5, 0.6) is 5.75 Å². The monoisotopic (exact) mass is 454 g/mol. The van der Waals surface area contributed by atoms with Crippen molar-refractivity contribution >= 4 is 17.0 Å². The molecule has 0 saturated carbocycles. The van der Waals surface area contributed by atoms with Gasteiger partial charge in [-0.25, -0.2) is 4.98 Å². The van der Waals surface area contributed by atoms with Crippen LogP contribution in [0.1, 0.15) is 46.0 Å². The third kappa shape index (κ3) is 3.96. The molecular formula is C29H30N2O3. The zero-order valence-corrected chi connectivity index (χ0v) is 20.2. The molecule has 1 atom stereocenters. The molecule has 4 aromatic rings. The van der Waals surface area contributed by atoms with Gasteiger partial charge in [0.25, 0.3) is 0 Å². The van der Waals surface area contributed by atoms with Gasteiger partial charge in [-0.05, 0) is 74.1 Å². The molecule has 1 aliphatic heterocycles. The maximum Gasteiger partial charge on any atom is 0.306 e. The van der Waals surface area contributed by atoms with E-state index in [1.165, 1.54) is 35.1 Å². The van der Waals surface area contributed by atoms with Crippen molar-refractivity contribution in [1.82, 2.24) is 9.55 Å². The molecule has 2 heterocycles. The van der Waals surface area contributed by atoms with E-state index in [4.69, 9.17) is 14.5 Å². The number of carbonyl (C=O) groups is 1. The summed E-state index contributed by atoms with van der Waals surface area (Å²) in [7, 11) is 1.43. The first-order chi connectivity index (χ1) is 16.5. The summed E-state index contributed by atoms with van der Waals surface area (Å²) in [5.74, 6) is 1.78. The highest BCUT2D eigenvalue weighted by Crippen LogP contribution is 2.37. The molecule has 0 saturated heterocycles. The lowest BCUT2D eigenvalue weighted by Crippen LogP contribution is -2.09. The summed E-state index contributed by atoms with van der Waals surface area (Å²) < 4.78 is 13.0. The van der Waals surface area contributed by atoms with Crippen LogP contribution in [0.15, 0.2) is 54.6 Å². The third-order valence-electron chi connectivity index (χ3n) is 6.99. The number of fused-ring (bicyclic) bond motifs is 2. The van der Waals surface area contributed by atoms with Crippen molar-refractivity contribution in [1.29, 1.82) is 0 Å². The van der Waals surface area contributed by atoms with E-state index in [0.29, 0.717) is 13.0 Å². The van der Waals surface area contributed by atoms with Crippen LogP contribution in [0.25, 0.3) is 16.7 Å². The normalized spacial score (nSPS) is 14.8. The molecule has 5 heteroatoms. The van der Waals surface area contributed by atoms with E-state index in [1.807, 2.05) is 0 Å². The molecule has 0 bridgehead atoms. The lowest BCUT2D eigenvalue weighted by Gasteiger charge is -2.15. The lowest BCUT2D eigenvalue weighted by atomic mass is 9.94. The molecule has 0 fully saturated rings. The number of aryl methyl sites for hydroxylation is 4. The van der Waals surface area contributed by atoms with Crippen LogP contribution in [0.4, 0.5) is 0 Å². The van der Waals surface area contributed by atoms with Crippen LogP contribution in [0, 0.1) is 20.8 Å². The van der Waals surface area contributed by atoms with Crippen LogP contribution in [-0.2, 0) is 22.4 Å². The van der Waals surface area contributed by atoms with Gasteiger partial charge in [0.2, 0.25) is 0 Å². The number of hydrogen-bond acceptors (Lipinski definition) is 4. The number of para-hydroxylation sites is 1. The van der Waals surface area contributed by atoms with E-state index in [2.05, 4.69) is 79.9 Å². The zero-order valence-electron chi connectivity index (χ0n) is 20.2. The van der Waals surface area contributed by atoms with Crippen molar-refractivity contribution in [3.63, 3.8) is 0 Å². The molecule has 0 aliphatic carbocycles. The summed E-state index contributed by atoms with van der Waals surface area (Å²) in [6.07, 6.45) is 2.22. The molecule has 0 N–H and O–H groups in total. The van der Waals surface area contributed by atoms with Crippen LogP contribution in [0.3, 0.4) is 0 Å². The second-order valence-electron chi connectivity index (χ2n) is 9.16. The topological polar surface area (TPSA) is 53.4 Å². The fourth-order valence-electron chi connectivity index (χ4n) is 5.05. The Morgan fingerprint density at radius 1 is 1.09 bits per heavy atom. The molecule has 3 aromatic carbocycles. The highest BCUT2D eigenvalue weighted by Gasteiger charge is 2.27. The molecule has 174 valence electrons. The molecule has 5 nitrogen and oxygen atoms in total. The van der Waals surface area contributed by atoms with Crippen molar-refractivity contribution < 1.29 is 14.3 Å². The number of hydrogen-bond donors (Lipinski definition) is 0. The molecule has 0 unspecified atom stereocenters. The molecule has 1 aromatic heterocycles. The van der Waals surface area contributed by atoms with Crippen LogP contribution >= 0.6 is 0 Å². The minimum atomic E-state index is -0.197. The van der Waals surface area contributed by atoms with E-state index in [9.17, 15) is 4.79 Å². The van der Waals surface area contributed by atoms with Crippen LogP contribution < -0.4 is 4.74 Å². The van der Waals surface area contributed by atoms with Gasteiger partial charge < -0.3 is 9.47 Å². The Kier molecular flexibility index (Phi) is 5.86. The predicted octanol–water partition coefficient (Wildman–Crippen LogP) is 5.78. The van der Waals surface area contributed by atoms with Crippen LogP contribution in [0.2, 0.25) is 0 Å². The number of benzene rings is 3. The minimum Gasteiger partial charge on any atom is -0.493 e. The van der Waals surface area contributed by atoms with Crippen molar-refractivity contribution in [2.45, 2.75) is 46.0 Å². The first-order valence-corrected chi connectivity index (χ1v) is 11.8. The molecular weight excluding hydrogens is 424 g/mol. The van der Waals surface area contributed by atoms with Crippen molar-refractivity contribution in [2.75, 3.05) is 13.7 Å². The Hall–Kier alpha value is -3.60. The highest BCUT2D eigenvalue weighted by atomic mass is 16.5. The second-order valence-corrected chi connectivity index (χ2v) is 9.16. The number of carbonyl (C=O) groups excluding carboxylic acids is 1. The van der Waals surface area contributed by atoms with Gasteiger partial charge in [0.05, 0.1) is 36.9 Å². The maximum atomic E-state index is 11.7. The molecule has 1 aliphatic rings. The van der Waals surface area contributed by atoms with Gasteiger partial charge in [-0.2, -0.15) is 0 Å². The van der Waals surface area contributed by atoms with Gasteiger partial charge in [0, 0.05) is 11.5 Å². The Morgan fingerprint density at radius 3 is 2.74 bits per heavy atom. The third-order valence-corrected chi connectivity index (χ3v) is 6.99. The second kappa shape index (κ2) is 8.98. The standard InChI is InChI=1S/C29H30N2O3/c1-18-7-5-10-26-29(18)30-20(3)31(26)25-9-6-8-22(19(25)2)13-11-21-12-14-24-23(16-28(32)33-4)17-34-27(24)15-21/h5-10,12,14-15,23H,11,13,16-17H2,1-4H3/t23-/m1/s1.